The molecule has 1 aromatic carbocycles. The van der Waals surface area contributed by atoms with E-state index in [-0.39, 0.29) is 17.3 Å². The molecule has 3 aromatic heterocycles. The number of anilines is 1. The van der Waals surface area contributed by atoms with Gasteiger partial charge < -0.3 is 19.5 Å². The van der Waals surface area contributed by atoms with Crippen molar-refractivity contribution in [2.75, 3.05) is 18.5 Å². The highest BCUT2D eigenvalue weighted by atomic mass is 32.2. The van der Waals surface area contributed by atoms with E-state index in [1.54, 1.807) is 37.3 Å². The summed E-state index contributed by atoms with van der Waals surface area (Å²) in [6, 6.07) is 17.1. The number of esters is 1. The second-order valence-electron chi connectivity index (χ2n) is 9.34. The normalized spacial score (nSPS) is 14.4. The zero-order valence-electron chi connectivity index (χ0n) is 22.7. The lowest BCUT2D eigenvalue weighted by Crippen LogP contribution is -2.14. The van der Waals surface area contributed by atoms with Crippen molar-refractivity contribution < 1.29 is 19.2 Å². The number of fused-ring (bicyclic) bond motifs is 1. The van der Waals surface area contributed by atoms with Gasteiger partial charge in [0.15, 0.2) is 0 Å². The average Bonchev–Trinajstić information content (AvgIpc) is 3.61. The molecule has 0 spiro atoms. The maximum absolute atomic E-state index is 13.3. The fourth-order valence-corrected chi connectivity index (χ4v) is 5.88. The van der Waals surface area contributed by atoms with Gasteiger partial charge in [-0.2, -0.15) is 0 Å². The fourth-order valence-electron chi connectivity index (χ4n) is 4.57. The van der Waals surface area contributed by atoms with Gasteiger partial charge in [0.1, 0.15) is 17.7 Å². The molecule has 0 fully saturated rings. The molecule has 4 heterocycles. The maximum atomic E-state index is 13.3. The standard InChI is InChI=1S/C31H31N5O4S/c1-2-39-28(37)12-3-4-17-40-35-29(23-9-6-14-32-19-23)22-8-5-11-25(18-22)34-30(38)26-13-16-36-27(26)21-41-31(36)24-10-7-15-33-20-24/h5-11,13-16,18-20,31H,2-4,12,17,21H2,1H3,(H,34,38)/b35-29-. The predicted octanol–water partition coefficient (Wildman–Crippen LogP) is 5.83. The van der Waals surface area contributed by atoms with Gasteiger partial charge in [-0.15, -0.1) is 11.8 Å². The molecule has 0 saturated carbocycles. The number of hydrogen-bond acceptors (Lipinski definition) is 8. The Morgan fingerprint density at radius 1 is 1.05 bits per heavy atom. The summed E-state index contributed by atoms with van der Waals surface area (Å²) in [5.74, 6) is 0.369. The van der Waals surface area contributed by atoms with E-state index in [1.165, 1.54) is 0 Å². The molecule has 0 aliphatic carbocycles. The van der Waals surface area contributed by atoms with E-state index in [0.29, 0.717) is 49.4 Å². The molecule has 5 rings (SSSR count). The predicted molar refractivity (Wildman–Crippen MR) is 159 cm³/mol. The van der Waals surface area contributed by atoms with E-state index >= 15 is 0 Å². The van der Waals surface area contributed by atoms with Crippen LogP contribution in [0.15, 0.2) is 90.7 Å². The smallest absolute Gasteiger partial charge is 0.305 e. The van der Waals surface area contributed by atoms with Crippen LogP contribution < -0.4 is 5.32 Å². The number of carbonyl (C=O) groups is 2. The third-order valence-corrected chi connectivity index (χ3v) is 7.78. The maximum Gasteiger partial charge on any atom is 0.305 e. The van der Waals surface area contributed by atoms with Gasteiger partial charge in [-0.3, -0.25) is 19.6 Å². The molecule has 1 N–H and O–H groups in total. The molecule has 1 atom stereocenters. The minimum Gasteiger partial charge on any atom is -0.466 e. The van der Waals surface area contributed by atoms with Crippen LogP contribution in [0.5, 0.6) is 0 Å². The highest BCUT2D eigenvalue weighted by molar-refractivity contribution is 7.99. The number of ether oxygens (including phenoxy) is 1. The van der Waals surface area contributed by atoms with Crippen LogP contribution in [0.3, 0.4) is 0 Å². The third kappa shape index (κ3) is 7.01. The van der Waals surface area contributed by atoms with E-state index in [0.717, 1.165) is 28.1 Å². The van der Waals surface area contributed by atoms with Crippen molar-refractivity contribution in [3.05, 3.63) is 114 Å². The highest BCUT2D eigenvalue weighted by Gasteiger charge is 2.28. The Morgan fingerprint density at radius 2 is 1.88 bits per heavy atom. The monoisotopic (exact) mass is 569 g/mol. The van der Waals surface area contributed by atoms with Gasteiger partial charge in [0, 0.05) is 71.2 Å². The van der Waals surface area contributed by atoms with E-state index in [1.807, 2.05) is 60.9 Å². The molecule has 210 valence electrons. The van der Waals surface area contributed by atoms with Crippen LogP contribution in [0.2, 0.25) is 0 Å². The quantitative estimate of drug-likeness (QED) is 0.0990. The van der Waals surface area contributed by atoms with Crippen LogP contribution >= 0.6 is 11.8 Å². The summed E-state index contributed by atoms with van der Waals surface area (Å²) in [7, 11) is 0. The topological polar surface area (TPSA) is 108 Å². The fraction of sp³-hybridized carbons (Fsp3) is 0.258. The Hall–Kier alpha value is -4.44. The minimum atomic E-state index is -0.205. The van der Waals surface area contributed by atoms with E-state index in [9.17, 15) is 9.59 Å². The van der Waals surface area contributed by atoms with Crippen molar-refractivity contribution in [1.82, 2.24) is 14.5 Å². The molecule has 10 heteroatoms. The van der Waals surface area contributed by atoms with Crippen LogP contribution in [0, 0.1) is 0 Å². The van der Waals surface area contributed by atoms with Gasteiger partial charge in [0.2, 0.25) is 0 Å². The Morgan fingerprint density at radius 3 is 2.66 bits per heavy atom. The summed E-state index contributed by atoms with van der Waals surface area (Å²) in [5.41, 5.74) is 5.55. The summed E-state index contributed by atoms with van der Waals surface area (Å²) in [6.45, 7) is 2.53. The summed E-state index contributed by atoms with van der Waals surface area (Å²) in [4.78, 5) is 39.0. The molecule has 1 aliphatic heterocycles. The number of thioether (sulfide) groups is 1. The zero-order valence-corrected chi connectivity index (χ0v) is 23.5. The van der Waals surface area contributed by atoms with Gasteiger partial charge in [-0.05, 0) is 56.2 Å². The number of oxime groups is 1. The average molecular weight is 570 g/mol. The van der Waals surface area contributed by atoms with Crippen molar-refractivity contribution in [3.63, 3.8) is 0 Å². The number of aromatic nitrogens is 3. The Kier molecular flexibility index (Phi) is 9.43. The van der Waals surface area contributed by atoms with Crippen LogP contribution in [-0.2, 0) is 20.1 Å². The van der Waals surface area contributed by atoms with Gasteiger partial charge in [0.25, 0.3) is 5.91 Å². The van der Waals surface area contributed by atoms with Crippen molar-refractivity contribution in [2.45, 2.75) is 37.3 Å². The van der Waals surface area contributed by atoms with Crippen molar-refractivity contribution in [2.24, 2.45) is 5.16 Å². The summed E-state index contributed by atoms with van der Waals surface area (Å²) in [6.07, 6.45) is 10.7. The number of carbonyl (C=O) groups excluding carboxylic acids is 2. The zero-order chi connectivity index (χ0) is 28.4. The first-order chi connectivity index (χ1) is 20.1. The molecular formula is C31H31N5O4S. The number of pyridine rings is 2. The Balaban J connectivity index is 1.28. The van der Waals surface area contributed by atoms with Gasteiger partial charge in [-0.25, -0.2) is 0 Å². The van der Waals surface area contributed by atoms with Gasteiger partial charge in [-0.1, -0.05) is 23.4 Å². The van der Waals surface area contributed by atoms with Gasteiger partial charge in [0.05, 0.1) is 12.2 Å². The number of unbranched alkanes of at least 4 members (excludes halogenated alkanes) is 1. The third-order valence-electron chi connectivity index (χ3n) is 6.53. The largest absolute Gasteiger partial charge is 0.466 e. The first-order valence-electron chi connectivity index (χ1n) is 13.5. The molecule has 41 heavy (non-hydrogen) atoms. The van der Waals surface area contributed by atoms with Crippen molar-refractivity contribution in [3.8, 4) is 0 Å². The summed E-state index contributed by atoms with van der Waals surface area (Å²) >= 11 is 1.77. The second kappa shape index (κ2) is 13.8. The van der Waals surface area contributed by atoms with Crippen molar-refractivity contribution in [1.29, 1.82) is 0 Å². The molecule has 0 saturated heterocycles. The number of nitrogens with one attached hydrogen (secondary N) is 1. The second-order valence-corrected chi connectivity index (χ2v) is 10.4. The van der Waals surface area contributed by atoms with Crippen LogP contribution in [0.1, 0.15) is 64.3 Å². The molecule has 4 aromatic rings. The molecule has 0 bridgehead atoms. The lowest BCUT2D eigenvalue weighted by atomic mass is 10.0. The Labute approximate surface area is 243 Å². The molecule has 0 radical (unpaired) electrons. The van der Waals surface area contributed by atoms with E-state index in [4.69, 9.17) is 9.57 Å². The van der Waals surface area contributed by atoms with Crippen LogP contribution in [0.25, 0.3) is 0 Å². The first kappa shape index (κ1) is 28.1. The number of amides is 1. The SMILES string of the molecule is CCOC(=O)CCCCO/N=C(\c1cccnc1)c1cccc(NC(=O)c2ccn3c2CSC3c2cccnc2)c1. The molecule has 1 amide bonds. The number of rotatable bonds is 12. The lowest BCUT2D eigenvalue weighted by Gasteiger charge is -2.12. The van der Waals surface area contributed by atoms with Crippen LogP contribution in [-0.4, -0.2) is 45.3 Å². The summed E-state index contributed by atoms with van der Waals surface area (Å²) in [5, 5.41) is 7.56. The number of nitrogens with zero attached hydrogens (tertiary/aromatic N) is 4. The number of hydrogen-bond donors (Lipinski definition) is 1. The molecule has 9 nitrogen and oxygen atoms in total. The minimum absolute atomic E-state index is 0.104. The summed E-state index contributed by atoms with van der Waals surface area (Å²) < 4.78 is 7.10. The lowest BCUT2D eigenvalue weighted by molar-refractivity contribution is -0.143. The molecular weight excluding hydrogens is 538 g/mol. The van der Waals surface area contributed by atoms with Crippen molar-refractivity contribution >= 4 is 35.0 Å². The van der Waals surface area contributed by atoms with Gasteiger partial charge >= 0.3 is 5.97 Å². The van der Waals surface area contributed by atoms with Crippen LogP contribution in [0.4, 0.5) is 5.69 Å². The van der Waals surface area contributed by atoms with E-state index < -0.39 is 0 Å². The molecule has 1 aliphatic rings. The number of benzene rings is 1. The highest BCUT2D eigenvalue weighted by Crippen LogP contribution is 2.42. The first-order valence-corrected chi connectivity index (χ1v) is 14.6. The van der Waals surface area contributed by atoms with E-state index in [2.05, 4.69) is 31.1 Å². The molecule has 1 unspecified atom stereocenters. The Bertz CT molecular complexity index is 1510.